The van der Waals surface area contributed by atoms with Crippen LogP contribution in [0.15, 0.2) is 60.8 Å². The summed E-state index contributed by atoms with van der Waals surface area (Å²) in [5, 5.41) is 3.47. The quantitative estimate of drug-likeness (QED) is 0.457. The number of nitrogens with one attached hydrogen (secondary N) is 1. The summed E-state index contributed by atoms with van der Waals surface area (Å²) < 4.78 is 16.7. The first kappa shape index (κ1) is 23.1. The highest BCUT2D eigenvalue weighted by atomic mass is 35.5. The van der Waals surface area contributed by atoms with Gasteiger partial charge in [-0.2, -0.15) is 0 Å². The van der Waals surface area contributed by atoms with E-state index in [0.29, 0.717) is 40.1 Å². The molecule has 1 atom stereocenters. The Balaban J connectivity index is 1.91. The second-order valence-electron chi connectivity index (χ2n) is 6.63. The SMILES string of the molecule is C#CCOC(C(=O)Nc1cccnc1-c1ccc(OCC)c(OC)c1)c1ccc(Cl)cc1. The molecule has 0 bridgehead atoms. The Hall–Kier alpha value is -3.53. The van der Waals surface area contributed by atoms with Crippen molar-refractivity contribution in [2.45, 2.75) is 13.0 Å². The van der Waals surface area contributed by atoms with Crippen LogP contribution < -0.4 is 14.8 Å². The number of carbonyl (C=O) groups excluding carboxylic acids is 1. The fraction of sp³-hybridized carbons (Fsp3) is 0.200. The van der Waals surface area contributed by atoms with Crippen molar-refractivity contribution in [1.29, 1.82) is 0 Å². The van der Waals surface area contributed by atoms with Gasteiger partial charge in [0.05, 0.1) is 25.1 Å². The number of ether oxygens (including phenoxy) is 3. The van der Waals surface area contributed by atoms with Crippen LogP contribution in [0.2, 0.25) is 5.02 Å². The van der Waals surface area contributed by atoms with Gasteiger partial charge in [-0.3, -0.25) is 9.78 Å². The zero-order valence-electron chi connectivity index (χ0n) is 17.8. The standard InChI is InChI=1S/C25H23ClN2O4/c1-4-15-32-24(17-8-11-19(26)12-9-17)25(29)28-20-7-6-14-27-23(20)18-10-13-21(31-5-2)22(16-18)30-3/h1,6-14,16,24H,5,15H2,2-3H3,(H,28,29). The molecule has 7 heteroatoms. The number of amides is 1. The molecule has 0 aliphatic rings. The maximum atomic E-state index is 13.1. The Labute approximate surface area is 192 Å². The van der Waals surface area contributed by atoms with Crippen LogP contribution >= 0.6 is 11.6 Å². The summed E-state index contributed by atoms with van der Waals surface area (Å²) >= 11 is 5.97. The van der Waals surface area contributed by atoms with Crippen LogP contribution in [0.3, 0.4) is 0 Å². The number of hydrogen-bond acceptors (Lipinski definition) is 5. The van der Waals surface area contributed by atoms with Gasteiger partial charge >= 0.3 is 0 Å². The molecule has 1 N–H and O–H groups in total. The largest absolute Gasteiger partial charge is 0.493 e. The summed E-state index contributed by atoms with van der Waals surface area (Å²) in [4.78, 5) is 17.6. The summed E-state index contributed by atoms with van der Waals surface area (Å²) in [5.41, 5.74) is 2.49. The fourth-order valence-corrected chi connectivity index (χ4v) is 3.24. The molecule has 1 aromatic heterocycles. The van der Waals surface area contributed by atoms with Gasteiger partial charge in [0.2, 0.25) is 0 Å². The number of halogens is 1. The molecule has 2 aromatic carbocycles. The topological polar surface area (TPSA) is 69.7 Å². The zero-order valence-corrected chi connectivity index (χ0v) is 18.6. The van der Waals surface area contributed by atoms with Crippen LogP contribution in [0.4, 0.5) is 5.69 Å². The first-order valence-corrected chi connectivity index (χ1v) is 10.3. The molecule has 0 saturated heterocycles. The molecule has 0 spiro atoms. The summed E-state index contributed by atoms with van der Waals surface area (Å²) in [6.45, 7) is 2.40. The van der Waals surface area contributed by atoms with E-state index >= 15 is 0 Å². The summed E-state index contributed by atoms with van der Waals surface area (Å²) in [5.74, 6) is 3.22. The normalized spacial score (nSPS) is 11.3. The lowest BCUT2D eigenvalue weighted by molar-refractivity contribution is -0.126. The number of nitrogens with zero attached hydrogens (tertiary/aromatic N) is 1. The number of rotatable bonds is 9. The molecule has 0 saturated carbocycles. The summed E-state index contributed by atoms with van der Waals surface area (Å²) in [7, 11) is 1.57. The van der Waals surface area contributed by atoms with E-state index in [1.807, 2.05) is 25.1 Å². The number of carbonyl (C=O) groups is 1. The van der Waals surface area contributed by atoms with E-state index in [-0.39, 0.29) is 12.5 Å². The monoisotopic (exact) mass is 450 g/mol. The Kier molecular flexibility index (Phi) is 8.09. The Bertz CT molecular complexity index is 1110. The van der Waals surface area contributed by atoms with Gasteiger partial charge in [0.25, 0.3) is 5.91 Å². The average Bonchev–Trinajstić information content (AvgIpc) is 2.81. The first-order valence-electron chi connectivity index (χ1n) is 9.95. The van der Waals surface area contributed by atoms with E-state index in [1.165, 1.54) is 0 Å². The van der Waals surface area contributed by atoms with Crippen LogP contribution in [0.1, 0.15) is 18.6 Å². The van der Waals surface area contributed by atoms with Crippen LogP contribution in [0, 0.1) is 12.3 Å². The van der Waals surface area contributed by atoms with E-state index in [0.717, 1.165) is 5.56 Å². The highest BCUT2D eigenvalue weighted by Gasteiger charge is 2.23. The van der Waals surface area contributed by atoms with Crippen molar-refractivity contribution in [2.75, 3.05) is 25.6 Å². The number of methoxy groups -OCH3 is 1. The second-order valence-corrected chi connectivity index (χ2v) is 7.07. The van der Waals surface area contributed by atoms with Gasteiger partial charge in [-0.05, 0) is 55.0 Å². The molecule has 0 fully saturated rings. The lowest BCUT2D eigenvalue weighted by Gasteiger charge is -2.18. The molecule has 6 nitrogen and oxygen atoms in total. The maximum absolute atomic E-state index is 13.1. The molecule has 1 heterocycles. The van der Waals surface area contributed by atoms with Gasteiger partial charge in [0, 0.05) is 16.8 Å². The lowest BCUT2D eigenvalue weighted by Crippen LogP contribution is -2.24. The predicted octanol–water partition coefficient (Wildman–Crippen LogP) is 5.14. The van der Waals surface area contributed by atoms with Gasteiger partial charge in [0.15, 0.2) is 17.6 Å². The molecule has 1 unspecified atom stereocenters. The highest BCUT2D eigenvalue weighted by Crippen LogP contribution is 2.35. The number of terminal acetylenes is 1. The average molecular weight is 451 g/mol. The molecule has 3 rings (SSSR count). The third-order valence-corrected chi connectivity index (χ3v) is 4.80. The van der Waals surface area contributed by atoms with E-state index in [1.54, 1.807) is 49.7 Å². The molecule has 1 amide bonds. The van der Waals surface area contributed by atoms with Gasteiger partial charge in [-0.25, -0.2) is 0 Å². The third-order valence-electron chi connectivity index (χ3n) is 4.55. The predicted molar refractivity (Wildman–Crippen MR) is 125 cm³/mol. The Morgan fingerprint density at radius 1 is 1.19 bits per heavy atom. The minimum absolute atomic E-state index is 0.0172. The highest BCUT2D eigenvalue weighted by molar-refractivity contribution is 6.30. The number of anilines is 1. The van der Waals surface area contributed by atoms with Crippen molar-refractivity contribution in [3.63, 3.8) is 0 Å². The number of aromatic nitrogens is 1. The number of hydrogen-bond donors (Lipinski definition) is 1. The summed E-state index contributed by atoms with van der Waals surface area (Å²) in [6, 6.07) is 15.8. The van der Waals surface area contributed by atoms with Crippen LogP contribution in [-0.4, -0.2) is 31.2 Å². The van der Waals surface area contributed by atoms with E-state index in [4.69, 9.17) is 32.2 Å². The molecule has 3 aromatic rings. The van der Waals surface area contributed by atoms with Crippen molar-refractivity contribution < 1.29 is 19.0 Å². The molecule has 32 heavy (non-hydrogen) atoms. The van der Waals surface area contributed by atoms with Gasteiger partial charge in [-0.1, -0.05) is 29.7 Å². The molecule has 0 aliphatic carbocycles. The minimum Gasteiger partial charge on any atom is -0.493 e. The van der Waals surface area contributed by atoms with Crippen LogP contribution in [0.25, 0.3) is 11.3 Å². The summed E-state index contributed by atoms with van der Waals surface area (Å²) in [6.07, 6.45) is 6.07. The maximum Gasteiger partial charge on any atom is 0.258 e. The molecule has 0 radical (unpaired) electrons. The molecular weight excluding hydrogens is 428 g/mol. The van der Waals surface area contributed by atoms with E-state index < -0.39 is 6.10 Å². The zero-order chi connectivity index (χ0) is 22.9. The van der Waals surface area contributed by atoms with Gasteiger partial charge < -0.3 is 19.5 Å². The second kappa shape index (κ2) is 11.2. The minimum atomic E-state index is -0.911. The third kappa shape index (κ3) is 5.58. The first-order chi connectivity index (χ1) is 15.6. The van der Waals surface area contributed by atoms with Crippen LogP contribution in [-0.2, 0) is 9.53 Å². The lowest BCUT2D eigenvalue weighted by atomic mass is 10.1. The van der Waals surface area contributed by atoms with Crippen molar-refractivity contribution in [1.82, 2.24) is 4.98 Å². The van der Waals surface area contributed by atoms with Crippen molar-refractivity contribution >= 4 is 23.2 Å². The molecule has 0 aliphatic heterocycles. The van der Waals surface area contributed by atoms with Crippen molar-refractivity contribution in [3.8, 4) is 35.1 Å². The van der Waals surface area contributed by atoms with Gasteiger partial charge in [0.1, 0.15) is 6.61 Å². The van der Waals surface area contributed by atoms with Gasteiger partial charge in [-0.15, -0.1) is 6.42 Å². The van der Waals surface area contributed by atoms with Crippen molar-refractivity contribution in [3.05, 3.63) is 71.4 Å². The molecular formula is C25H23ClN2O4. The van der Waals surface area contributed by atoms with E-state index in [9.17, 15) is 4.79 Å². The number of pyridine rings is 1. The Morgan fingerprint density at radius 2 is 1.97 bits per heavy atom. The fourth-order valence-electron chi connectivity index (χ4n) is 3.12. The number of benzene rings is 2. The Morgan fingerprint density at radius 3 is 2.66 bits per heavy atom. The van der Waals surface area contributed by atoms with Crippen LogP contribution in [0.5, 0.6) is 11.5 Å². The van der Waals surface area contributed by atoms with Crippen molar-refractivity contribution in [2.24, 2.45) is 0 Å². The molecule has 164 valence electrons. The van der Waals surface area contributed by atoms with E-state index in [2.05, 4.69) is 16.2 Å². The smallest absolute Gasteiger partial charge is 0.258 e.